The molecule has 0 saturated heterocycles. The molecule has 0 atom stereocenters. The maximum atomic E-state index is 12.9. The van der Waals surface area contributed by atoms with Crippen LogP contribution in [0.2, 0.25) is 0 Å². The van der Waals surface area contributed by atoms with E-state index in [1.54, 1.807) is 23.9 Å². The predicted molar refractivity (Wildman–Crippen MR) is 82.6 cm³/mol. The van der Waals surface area contributed by atoms with Crippen molar-refractivity contribution in [1.29, 1.82) is 0 Å². The standard InChI is InChI=1S/C17H14FNOS/c1-12-16(11-21-15-9-7-14(18)8-10-15)19-17(20-12)13-5-3-2-4-6-13/h2-10H,11H2,1H3. The molecule has 0 unspecified atom stereocenters. The summed E-state index contributed by atoms with van der Waals surface area (Å²) in [6.07, 6.45) is 0. The third-order valence-electron chi connectivity index (χ3n) is 3.10. The summed E-state index contributed by atoms with van der Waals surface area (Å²) < 4.78 is 18.6. The Morgan fingerprint density at radius 1 is 1.05 bits per heavy atom. The summed E-state index contributed by atoms with van der Waals surface area (Å²) in [5.41, 5.74) is 1.89. The number of hydrogen-bond acceptors (Lipinski definition) is 3. The lowest BCUT2D eigenvalue weighted by Gasteiger charge is -1.99. The lowest BCUT2D eigenvalue weighted by Crippen LogP contribution is -1.85. The van der Waals surface area contributed by atoms with Gasteiger partial charge >= 0.3 is 0 Å². The van der Waals surface area contributed by atoms with Crippen LogP contribution in [0.5, 0.6) is 0 Å². The lowest BCUT2D eigenvalue weighted by molar-refractivity contribution is 0.540. The zero-order valence-corrected chi connectivity index (χ0v) is 12.4. The van der Waals surface area contributed by atoms with Crippen LogP contribution < -0.4 is 0 Å². The van der Waals surface area contributed by atoms with E-state index >= 15 is 0 Å². The number of oxazole rings is 1. The summed E-state index contributed by atoms with van der Waals surface area (Å²) in [5.74, 6) is 1.95. The molecule has 2 nitrogen and oxygen atoms in total. The van der Waals surface area contributed by atoms with Gasteiger partial charge in [-0.15, -0.1) is 11.8 Å². The molecule has 0 aliphatic rings. The average Bonchev–Trinajstić information content (AvgIpc) is 2.89. The molecule has 21 heavy (non-hydrogen) atoms. The maximum Gasteiger partial charge on any atom is 0.226 e. The van der Waals surface area contributed by atoms with Crippen molar-refractivity contribution in [1.82, 2.24) is 4.98 Å². The van der Waals surface area contributed by atoms with E-state index in [0.717, 1.165) is 21.9 Å². The molecule has 106 valence electrons. The molecule has 2 aromatic carbocycles. The van der Waals surface area contributed by atoms with Crippen LogP contribution in [0.15, 0.2) is 63.9 Å². The van der Waals surface area contributed by atoms with E-state index in [2.05, 4.69) is 4.98 Å². The Hall–Kier alpha value is -2.07. The second kappa shape index (κ2) is 6.14. The smallest absolute Gasteiger partial charge is 0.226 e. The van der Waals surface area contributed by atoms with Gasteiger partial charge in [-0.2, -0.15) is 0 Å². The van der Waals surface area contributed by atoms with Crippen molar-refractivity contribution >= 4 is 11.8 Å². The number of benzene rings is 2. The third-order valence-corrected chi connectivity index (χ3v) is 4.13. The summed E-state index contributed by atoms with van der Waals surface area (Å²) in [6, 6.07) is 16.3. The van der Waals surface area contributed by atoms with Crippen LogP contribution in [0.3, 0.4) is 0 Å². The van der Waals surface area contributed by atoms with Gasteiger partial charge in [0, 0.05) is 16.2 Å². The largest absolute Gasteiger partial charge is 0.441 e. The topological polar surface area (TPSA) is 26.0 Å². The summed E-state index contributed by atoms with van der Waals surface area (Å²) in [7, 11) is 0. The van der Waals surface area contributed by atoms with Crippen LogP contribution in [0.4, 0.5) is 4.39 Å². The Morgan fingerprint density at radius 2 is 1.76 bits per heavy atom. The molecule has 1 aromatic heterocycles. The first kappa shape index (κ1) is 13.9. The Labute approximate surface area is 127 Å². The van der Waals surface area contributed by atoms with Gasteiger partial charge in [0.25, 0.3) is 0 Å². The number of aromatic nitrogens is 1. The van der Waals surface area contributed by atoms with Crippen LogP contribution in [-0.4, -0.2) is 4.98 Å². The quantitative estimate of drug-likeness (QED) is 0.628. The molecule has 0 bridgehead atoms. The maximum absolute atomic E-state index is 12.9. The van der Waals surface area contributed by atoms with E-state index in [4.69, 9.17) is 4.42 Å². The van der Waals surface area contributed by atoms with Gasteiger partial charge in [0.2, 0.25) is 5.89 Å². The van der Waals surface area contributed by atoms with Crippen LogP contribution in [0, 0.1) is 12.7 Å². The molecule has 0 N–H and O–H groups in total. The van der Waals surface area contributed by atoms with Crippen LogP contribution in [0.25, 0.3) is 11.5 Å². The molecular formula is C17H14FNOS. The van der Waals surface area contributed by atoms with Gasteiger partial charge in [-0.05, 0) is 43.3 Å². The lowest BCUT2D eigenvalue weighted by atomic mass is 10.2. The molecule has 0 saturated carbocycles. The van der Waals surface area contributed by atoms with Crippen LogP contribution in [0.1, 0.15) is 11.5 Å². The van der Waals surface area contributed by atoms with Gasteiger partial charge in [0.05, 0.1) is 5.69 Å². The number of thioether (sulfide) groups is 1. The summed E-state index contributed by atoms with van der Waals surface area (Å²) >= 11 is 1.62. The van der Waals surface area contributed by atoms with E-state index in [1.807, 2.05) is 37.3 Å². The summed E-state index contributed by atoms with van der Waals surface area (Å²) in [4.78, 5) is 5.57. The molecule has 0 fully saturated rings. The SMILES string of the molecule is Cc1oc(-c2ccccc2)nc1CSc1ccc(F)cc1. The molecule has 4 heteroatoms. The van der Waals surface area contributed by atoms with E-state index < -0.39 is 0 Å². The van der Waals surface area contributed by atoms with Gasteiger partial charge in [-0.3, -0.25) is 0 Å². The third kappa shape index (κ3) is 3.34. The Morgan fingerprint density at radius 3 is 2.48 bits per heavy atom. The molecule has 0 aliphatic carbocycles. The zero-order valence-electron chi connectivity index (χ0n) is 11.5. The van der Waals surface area contributed by atoms with Crippen molar-refractivity contribution < 1.29 is 8.81 Å². The minimum absolute atomic E-state index is 0.219. The zero-order chi connectivity index (χ0) is 14.7. The number of rotatable bonds is 4. The van der Waals surface area contributed by atoms with Crippen molar-refractivity contribution in [2.24, 2.45) is 0 Å². The highest BCUT2D eigenvalue weighted by atomic mass is 32.2. The van der Waals surface area contributed by atoms with Crippen molar-refractivity contribution in [2.75, 3.05) is 0 Å². The summed E-state index contributed by atoms with van der Waals surface area (Å²) in [5, 5.41) is 0. The second-order valence-corrected chi connectivity index (χ2v) is 5.68. The molecule has 1 heterocycles. The molecule has 0 spiro atoms. The predicted octanol–water partition coefficient (Wildman–Crippen LogP) is 5.08. The van der Waals surface area contributed by atoms with Gasteiger partial charge in [-0.25, -0.2) is 9.37 Å². The first-order chi connectivity index (χ1) is 10.2. The van der Waals surface area contributed by atoms with Gasteiger partial charge in [0.15, 0.2) is 0 Å². The van der Waals surface area contributed by atoms with Crippen molar-refractivity contribution in [3.05, 3.63) is 71.9 Å². The molecule has 0 radical (unpaired) electrons. The molecule has 0 amide bonds. The number of aryl methyl sites for hydroxylation is 1. The fourth-order valence-electron chi connectivity index (χ4n) is 1.95. The molecule has 3 rings (SSSR count). The van der Waals surface area contributed by atoms with Crippen LogP contribution >= 0.6 is 11.8 Å². The average molecular weight is 299 g/mol. The first-order valence-electron chi connectivity index (χ1n) is 6.62. The van der Waals surface area contributed by atoms with Crippen molar-refractivity contribution in [3.63, 3.8) is 0 Å². The molecule has 0 aliphatic heterocycles. The van der Waals surface area contributed by atoms with Gasteiger partial charge in [0.1, 0.15) is 11.6 Å². The number of hydrogen-bond donors (Lipinski definition) is 0. The minimum atomic E-state index is -0.219. The minimum Gasteiger partial charge on any atom is -0.441 e. The van der Waals surface area contributed by atoms with E-state index in [9.17, 15) is 4.39 Å². The summed E-state index contributed by atoms with van der Waals surface area (Å²) in [6.45, 7) is 1.92. The van der Waals surface area contributed by atoms with Crippen molar-refractivity contribution in [3.8, 4) is 11.5 Å². The molecular weight excluding hydrogens is 285 g/mol. The molecule has 3 aromatic rings. The van der Waals surface area contributed by atoms with Gasteiger partial charge < -0.3 is 4.42 Å². The van der Waals surface area contributed by atoms with Crippen molar-refractivity contribution in [2.45, 2.75) is 17.6 Å². The fraction of sp³-hybridized carbons (Fsp3) is 0.118. The highest BCUT2D eigenvalue weighted by Gasteiger charge is 2.11. The Balaban J connectivity index is 1.74. The highest BCUT2D eigenvalue weighted by Crippen LogP contribution is 2.27. The Bertz CT molecular complexity index is 722. The van der Waals surface area contributed by atoms with Crippen LogP contribution in [-0.2, 0) is 5.75 Å². The Kier molecular flexibility index (Phi) is 4.06. The second-order valence-electron chi connectivity index (χ2n) is 4.63. The fourth-order valence-corrected chi connectivity index (χ4v) is 2.85. The van der Waals surface area contributed by atoms with Gasteiger partial charge in [-0.1, -0.05) is 18.2 Å². The van der Waals surface area contributed by atoms with E-state index in [1.165, 1.54) is 12.1 Å². The highest BCUT2D eigenvalue weighted by molar-refractivity contribution is 7.98. The number of halogens is 1. The number of nitrogens with zero attached hydrogens (tertiary/aromatic N) is 1. The normalized spacial score (nSPS) is 10.8. The van der Waals surface area contributed by atoms with E-state index in [0.29, 0.717) is 11.6 Å². The van der Waals surface area contributed by atoms with E-state index in [-0.39, 0.29) is 5.82 Å². The first-order valence-corrected chi connectivity index (χ1v) is 7.61. The monoisotopic (exact) mass is 299 g/mol.